The van der Waals surface area contributed by atoms with E-state index in [4.69, 9.17) is 4.74 Å². The van der Waals surface area contributed by atoms with Gasteiger partial charge in [-0.15, -0.1) is 0 Å². The summed E-state index contributed by atoms with van der Waals surface area (Å²) in [4.78, 5) is 0. The Morgan fingerprint density at radius 3 is 2.64 bits per heavy atom. The van der Waals surface area contributed by atoms with E-state index < -0.39 is 0 Å². The van der Waals surface area contributed by atoms with Crippen LogP contribution in [0.5, 0.6) is 5.88 Å². The summed E-state index contributed by atoms with van der Waals surface area (Å²) < 4.78 is 6.86. The van der Waals surface area contributed by atoms with E-state index in [2.05, 4.69) is 17.7 Å². The van der Waals surface area contributed by atoms with E-state index in [1.807, 2.05) is 14.0 Å². The number of hydrogen-bond acceptors (Lipinski definition) is 3. The highest BCUT2D eigenvalue weighted by Gasteiger charge is 2.10. The third-order valence-corrected chi connectivity index (χ3v) is 1.96. The molecule has 0 spiro atoms. The van der Waals surface area contributed by atoms with Crippen molar-refractivity contribution in [2.45, 2.75) is 12.7 Å². The molecule has 0 N–H and O–H groups in total. The molecule has 11 heavy (non-hydrogen) atoms. The van der Waals surface area contributed by atoms with Crippen molar-refractivity contribution in [1.29, 1.82) is 0 Å². The third-order valence-electron chi connectivity index (χ3n) is 1.64. The van der Waals surface area contributed by atoms with Crippen LogP contribution in [0.15, 0.2) is 0 Å². The van der Waals surface area contributed by atoms with Crippen LogP contribution in [-0.4, -0.2) is 16.9 Å². The van der Waals surface area contributed by atoms with Crippen LogP contribution in [-0.2, 0) is 12.8 Å². The summed E-state index contributed by atoms with van der Waals surface area (Å²) in [5, 5.41) is 4.20. The van der Waals surface area contributed by atoms with Crippen LogP contribution < -0.4 is 4.74 Å². The highest BCUT2D eigenvalue weighted by Crippen LogP contribution is 2.21. The first kappa shape index (κ1) is 8.46. The minimum Gasteiger partial charge on any atom is -0.481 e. The van der Waals surface area contributed by atoms with E-state index in [0.717, 1.165) is 17.1 Å². The quantitative estimate of drug-likeness (QED) is 0.678. The van der Waals surface area contributed by atoms with Crippen LogP contribution in [0.4, 0.5) is 0 Å². The number of ether oxygens (including phenoxy) is 1. The average molecular weight is 172 g/mol. The summed E-state index contributed by atoms with van der Waals surface area (Å²) in [6.45, 7) is 1.95. The average Bonchev–Trinajstić information content (AvgIpc) is 2.24. The van der Waals surface area contributed by atoms with E-state index >= 15 is 0 Å². The van der Waals surface area contributed by atoms with Crippen LogP contribution in [0.25, 0.3) is 0 Å². The van der Waals surface area contributed by atoms with Gasteiger partial charge in [0, 0.05) is 18.4 Å². The molecule has 0 aliphatic carbocycles. The minimum absolute atomic E-state index is 0.669. The molecule has 1 heterocycles. The van der Waals surface area contributed by atoms with E-state index in [0.29, 0.717) is 5.75 Å². The lowest BCUT2D eigenvalue weighted by molar-refractivity contribution is 0.370. The van der Waals surface area contributed by atoms with Crippen molar-refractivity contribution in [2.24, 2.45) is 7.05 Å². The molecular weight excluding hydrogens is 160 g/mol. The van der Waals surface area contributed by atoms with Crippen LogP contribution in [0, 0.1) is 6.92 Å². The van der Waals surface area contributed by atoms with Crippen LogP contribution in [0.1, 0.15) is 11.3 Å². The molecule has 3 nitrogen and oxygen atoms in total. The lowest BCUT2D eigenvalue weighted by Gasteiger charge is -2.00. The zero-order valence-corrected chi connectivity index (χ0v) is 7.85. The lowest BCUT2D eigenvalue weighted by Crippen LogP contribution is -1.95. The maximum Gasteiger partial charge on any atom is 0.215 e. The second-order valence-corrected chi connectivity index (χ2v) is 2.67. The van der Waals surface area contributed by atoms with Gasteiger partial charge in [0.15, 0.2) is 0 Å². The van der Waals surface area contributed by atoms with E-state index in [1.54, 1.807) is 11.8 Å². The molecule has 1 rings (SSSR count). The molecular formula is C7H12N2OS. The fourth-order valence-electron chi connectivity index (χ4n) is 1.12. The van der Waals surface area contributed by atoms with Crippen LogP contribution in [0.3, 0.4) is 0 Å². The molecule has 0 aromatic carbocycles. The van der Waals surface area contributed by atoms with Gasteiger partial charge in [-0.05, 0) is 6.92 Å². The summed E-state index contributed by atoms with van der Waals surface area (Å²) in [7, 11) is 3.50. The molecule has 62 valence electrons. The molecule has 0 amide bonds. The molecule has 0 unspecified atom stereocenters. The van der Waals surface area contributed by atoms with Crippen LogP contribution in [0.2, 0.25) is 0 Å². The Balaban J connectivity index is 3.17. The maximum atomic E-state index is 5.14. The molecule has 1 aromatic rings. The van der Waals surface area contributed by atoms with Crippen molar-refractivity contribution in [2.75, 3.05) is 7.11 Å². The largest absolute Gasteiger partial charge is 0.481 e. The van der Waals surface area contributed by atoms with Gasteiger partial charge in [0.25, 0.3) is 0 Å². The summed E-state index contributed by atoms with van der Waals surface area (Å²) in [6, 6.07) is 0. The van der Waals surface area contributed by atoms with Gasteiger partial charge in [0.1, 0.15) is 0 Å². The van der Waals surface area contributed by atoms with Gasteiger partial charge in [-0.3, -0.25) is 0 Å². The Hall–Kier alpha value is -0.640. The molecule has 0 bridgehead atoms. The van der Waals surface area contributed by atoms with Crippen molar-refractivity contribution >= 4 is 12.6 Å². The fraction of sp³-hybridized carbons (Fsp3) is 0.571. The Morgan fingerprint density at radius 1 is 1.64 bits per heavy atom. The van der Waals surface area contributed by atoms with Crippen molar-refractivity contribution in [3.8, 4) is 5.88 Å². The molecule has 4 heteroatoms. The van der Waals surface area contributed by atoms with Gasteiger partial charge in [-0.25, -0.2) is 4.68 Å². The molecule has 0 aliphatic rings. The van der Waals surface area contributed by atoms with Crippen molar-refractivity contribution in [3.05, 3.63) is 11.3 Å². The SMILES string of the molecule is COc1c(CS)c(C)nn1C. The normalized spacial score (nSPS) is 10.2. The van der Waals surface area contributed by atoms with Gasteiger partial charge in [-0.1, -0.05) is 0 Å². The molecule has 0 atom stereocenters. The number of rotatable bonds is 2. The smallest absolute Gasteiger partial charge is 0.215 e. The first-order valence-electron chi connectivity index (χ1n) is 3.38. The standard InChI is InChI=1S/C7H12N2OS/c1-5-6(4-11)7(10-3)9(2)8-5/h11H,4H2,1-3H3. The monoisotopic (exact) mass is 172 g/mol. The minimum atomic E-state index is 0.669. The summed E-state index contributed by atoms with van der Waals surface area (Å²) >= 11 is 4.18. The van der Waals surface area contributed by atoms with Gasteiger partial charge < -0.3 is 4.74 Å². The number of methoxy groups -OCH3 is 1. The second kappa shape index (κ2) is 3.17. The van der Waals surface area contributed by atoms with Gasteiger partial charge >= 0.3 is 0 Å². The highest BCUT2D eigenvalue weighted by atomic mass is 32.1. The Labute approximate surface area is 71.8 Å². The summed E-state index contributed by atoms with van der Waals surface area (Å²) in [5.74, 6) is 1.47. The van der Waals surface area contributed by atoms with Crippen molar-refractivity contribution in [1.82, 2.24) is 9.78 Å². The Bertz CT molecular complexity index is 233. The zero-order chi connectivity index (χ0) is 8.43. The number of hydrogen-bond donors (Lipinski definition) is 1. The molecule has 0 saturated heterocycles. The van der Waals surface area contributed by atoms with Crippen molar-refractivity contribution < 1.29 is 4.74 Å². The highest BCUT2D eigenvalue weighted by molar-refractivity contribution is 7.79. The van der Waals surface area contributed by atoms with E-state index in [9.17, 15) is 0 Å². The van der Waals surface area contributed by atoms with Gasteiger partial charge in [0.2, 0.25) is 5.88 Å². The van der Waals surface area contributed by atoms with Gasteiger partial charge in [-0.2, -0.15) is 17.7 Å². The zero-order valence-electron chi connectivity index (χ0n) is 6.96. The third kappa shape index (κ3) is 1.35. The van der Waals surface area contributed by atoms with Gasteiger partial charge in [0.05, 0.1) is 12.8 Å². The summed E-state index contributed by atoms with van der Waals surface area (Å²) in [5.41, 5.74) is 2.05. The first-order chi connectivity index (χ1) is 5.20. The number of aromatic nitrogens is 2. The predicted molar refractivity (Wildman–Crippen MR) is 47.2 cm³/mol. The van der Waals surface area contributed by atoms with Crippen molar-refractivity contribution in [3.63, 3.8) is 0 Å². The number of nitrogens with zero attached hydrogens (tertiary/aromatic N) is 2. The van der Waals surface area contributed by atoms with E-state index in [-0.39, 0.29) is 0 Å². The second-order valence-electron chi connectivity index (χ2n) is 2.35. The molecule has 0 aliphatic heterocycles. The topological polar surface area (TPSA) is 27.1 Å². The Kier molecular flexibility index (Phi) is 2.44. The van der Waals surface area contributed by atoms with Crippen LogP contribution >= 0.6 is 12.6 Å². The first-order valence-corrected chi connectivity index (χ1v) is 4.01. The number of thiol groups is 1. The fourth-order valence-corrected chi connectivity index (χ4v) is 1.48. The Morgan fingerprint density at radius 2 is 2.27 bits per heavy atom. The molecule has 0 fully saturated rings. The predicted octanol–water partition coefficient (Wildman–Crippen LogP) is 1.17. The summed E-state index contributed by atoms with van der Waals surface area (Å²) in [6.07, 6.45) is 0. The molecule has 0 saturated carbocycles. The van der Waals surface area contributed by atoms with E-state index in [1.165, 1.54) is 0 Å². The maximum absolute atomic E-state index is 5.14. The molecule has 1 aromatic heterocycles. The number of aryl methyl sites for hydroxylation is 2. The molecule has 0 radical (unpaired) electrons. The lowest BCUT2D eigenvalue weighted by atomic mass is 10.3.